The highest BCUT2D eigenvalue weighted by molar-refractivity contribution is 5.80. The molecule has 26 heavy (non-hydrogen) atoms. The predicted molar refractivity (Wildman–Crippen MR) is 96.9 cm³/mol. The van der Waals surface area contributed by atoms with Crippen LogP contribution in [0.3, 0.4) is 0 Å². The van der Waals surface area contributed by atoms with Gasteiger partial charge in [-0.05, 0) is 31.0 Å². The van der Waals surface area contributed by atoms with Crippen LogP contribution in [0.1, 0.15) is 43.7 Å². The third kappa shape index (κ3) is 2.77. The number of aromatic amines is 1. The van der Waals surface area contributed by atoms with E-state index in [2.05, 4.69) is 15.1 Å². The van der Waals surface area contributed by atoms with E-state index < -0.39 is 5.82 Å². The first-order valence-corrected chi connectivity index (χ1v) is 8.89. The number of H-pyrrole nitrogens is 1. The summed E-state index contributed by atoms with van der Waals surface area (Å²) < 4.78 is 20.6. The number of fused-ring (bicyclic) bond motifs is 1. The number of nitrogens with zero attached hydrogens (tertiary/aromatic N) is 3. The van der Waals surface area contributed by atoms with Crippen LogP contribution in [-0.2, 0) is 7.05 Å². The third-order valence-corrected chi connectivity index (χ3v) is 5.13. The Kier molecular flexibility index (Phi) is 4.22. The average Bonchev–Trinajstić information content (AvgIpc) is 3.00. The summed E-state index contributed by atoms with van der Waals surface area (Å²) in [4.78, 5) is 20.2. The molecule has 0 spiro atoms. The molecule has 136 valence electrons. The maximum absolute atomic E-state index is 13.7. The Morgan fingerprint density at radius 1 is 1.27 bits per heavy atom. The number of aryl methyl sites for hydroxylation is 1. The Bertz CT molecular complexity index is 1020. The van der Waals surface area contributed by atoms with Crippen LogP contribution in [0.2, 0.25) is 0 Å². The molecule has 3 aromatic rings. The van der Waals surface area contributed by atoms with Crippen molar-refractivity contribution in [2.24, 2.45) is 7.05 Å². The molecule has 1 fully saturated rings. The summed E-state index contributed by atoms with van der Waals surface area (Å²) in [6.45, 7) is 0. The first-order valence-electron chi connectivity index (χ1n) is 8.89. The minimum absolute atomic E-state index is 0.245. The molecule has 7 heteroatoms. The molecular formula is C19H21FN4O2. The number of ether oxygens (including phenoxy) is 1. The number of benzene rings is 1. The fourth-order valence-electron chi connectivity index (χ4n) is 3.84. The van der Waals surface area contributed by atoms with Gasteiger partial charge in [-0.15, -0.1) is 0 Å². The molecule has 1 N–H and O–H groups in total. The minimum atomic E-state index is -0.420. The minimum Gasteiger partial charge on any atom is -0.496 e. The molecule has 4 rings (SSSR count). The largest absolute Gasteiger partial charge is 0.496 e. The standard InChI is InChI=1S/C19H21FN4O2/c1-24-18-15(16(23-24)11-6-4-3-5-7-11)19(25)22-17(21-18)13-10-12(20)8-9-14(13)26-2/h8-11H,3-7H2,1-2H3,(H,21,22,25). The highest BCUT2D eigenvalue weighted by Crippen LogP contribution is 2.35. The van der Waals surface area contributed by atoms with E-state index in [-0.39, 0.29) is 11.4 Å². The number of halogens is 1. The average molecular weight is 356 g/mol. The van der Waals surface area contributed by atoms with E-state index in [9.17, 15) is 9.18 Å². The van der Waals surface area contributed by atoms with Crippen LogP contribution in [0.25, 0.3) is 22.4 Å². The van der Waals surface area contributed by atoms with Crippen molar-refractivity contribution in [3.05, 3.63) is 40.1 Å². The van der Waals surface area contributed by atoms with Crippen LogP contribution in [0, 0.1) is 5.82 Å². The van der Waals surface area contributed by atoms with E-state index >= 15 is 0 Å². The highest BCUT2D eigenvalue weighted by atomic mass is 19.1. The van der Waals surface area contributed by atoms with Crippen molar-refractivity contribution >= 4 is 11.0 Å². The van der Waals surface area contributed by atoms with Gasteiger partial charge in [0, 0.05) is 13.0 Å². The number of hydrogen-bond donors (Lipinski definition) is 1. The van der Waals surface area contributed by atoms with Gasteiger partial charge in [0.1, 0.15) is 22.8 Å². The summed E-state index contributed by atoms with van der Waals surface area (Å²) in [5, 5.41) is 5.14. The molecule has 0 aliphatic heterocycles. The zero-order valence-corrected chi connectivity index (χ0v) is 14.9. The van der Waals surface area contributed by atoms with Crippen LogP contribution in [0.5, 0.6) is 5.75 Å². The first kappa shape index (κ1) is 16.8. The summed E-state index contributed by atoms with van der Waals surface area (Å²) in [6.07, 6.45) is 5.65. The van der Waals surface area contributed by atoms with Gasteiger partial charge in [-0.1, -0.05) is 19.3 Å². The van der Waals surface area contributed by atoms with E-state index in [0.717, 1.165) is 31.4 Å². The van der Waals surface area contributed by atoms with Gasteiger partial charge in [0.25, 0.3) is 5.56 Å². The summed E-state index contributed by atoms with van der Waals surface area (Å²) >= 11 is 0. The number of aromatic nitrogens is 4. The predicted octanol–water partition coefficient (Wildman–Crippen LogP) is 3.52. The summed E-state index contributed by atoms with van der Waals surface area (Å²) in [6, 6.07) is 4.14. The van der Waals surface area contributed by atoms with Crippen molar-refractivity contribution < 1.29 is 9.13 Å². The maximum Gasteiger partial charge on any atom is 0.262 e. The van der Waals surface area contributed by atoms with Gasteiger partial charge in [0.2, 0.25) is 0 Å². The van der Waals surface area contributed by atoms with Crippen LogP contribution in [0.4, 0.5) is 4.39 Å². The molecular weight excluding hydrogens is 335 g/mol. The van der Waals surface area contributed by atoms with E-state index in [1.807, 2.05) is 0 Å². The van der Waals surface area contributed by atoms with E-state index in [4.69, 9.17) is 4.74 Å². The fraction of sp³-hybridized carbons (Fsp3) is 0.421. The first-order chi connectivity index (χ1) is 12.6. The monoisotopic (exact) mass is 356 g/mol. The van der Waals surface area contributed by atoms with Crippen LogP contribution < -0.4 is 10.3 Å². The molecule has 0 atom stereocenters. The molecule has 1 aliphatic rings. The maximum atomic E-state index is 13.7. The van der Waals surface area contributed by atoms with Crippen molar-refractivity contribution in [3.63, 3.8) is 0 Å². The van der Waals surface area contributed by atoms with Crippen molar-refractivity contribution in [1.29, 1.82) is 0 Å². The van der Waals surface area contributed by atoms with Gasteiger partial charge in [-0.3, -0.25) is 4.79 Å². The molecule has 0 bridgehead atoms. The second-order valence-corrected chi connectivity index (χ2v) is 6.80. The number of nitrogens with one attached hydrogen (secondary N) is 1. The van der Waals surface area contributed by atoms with E-state index in [0.29, 0.717) is 28.3 Å². The molecule has 1 aromatic carbocycles. The Balaban J connectivity index is 1.90. The van der Waals surface area contributed by atoms with Gasteiger partial charge in [0.15, 0.2) is 5.65 Å². The smallest absolute Gasteiger partial charge is 0.262 e. The summed E-state index contributed by atoms with van der Waals surface area (Å²) in [5.41, 5.74) is 1.50. The van der Waals surface area contributed by atoms with Crippen molar-refractivity contribution in [2.45, 2.75) is 38.0 Å². The number of rotatable bonds is 3. The number of methoxy groups -OCH3 is 1. The lowest BCUT2D eigenvalue weighted by molar-refractivity contribution is 0.415. The molecule has 0 radical (unpaired) electrons. The fourth-order valence-corrected chi connectivity index (χ4v) is 3.84. The third-order valence-electron chi connectivity index (χ3n) is 5.13. The zero-order chi connectivity index (χ0) is 18.3. The SMILES string of the molecule is COc1ccc(F)cc1-c1nc2c(c(C3CCCCC3)nn2C)c(=O)[nH]1. The van der Waals surface area contributed by atoms with E-state index in [1.165, 1.54) is 31.7 Å². The topological polar surface area (TPSA) is 72.8 Å². The second kappa shape index (κ2) is 6.55. The lowest BCUT2D eigenvalue weighted by Crippen LogP contribution is -2.13. The Morgan fingerprint density at radius 2 is 2.04 bits per heavy atom. The summed E-state index contributed by atoms with van der Waals surface area (Å²) in [7, 11) is 3.28. The van der Waals surface area contributed by atoms with Crippen LogP contribution in [-0.4, -0.2) is 26.9 Å². The van der Waals surface area contributed by atoms with Crippen LogP contribution >= 0.6 is 0 Å². The lowest BCUT2D eigenvalue weighted by atomic mass is 9.86. The molecule has 1 saturated carbocycles. The van der Waals surface area contributed by atoms with Crippen molar-refractivity contribution in [3.8, 4) is 17.1 Å². The quantitative estimate of drug-likeness (QED) is 0.779. The summed E-state index contributed by atoms with van der Waals surface area (Å²) in [5.74, 6) is 0.599. The van der Waals surface area contributed by atoms with Gasteiger partial charge in [-0.25, -0.2) is 14.1 Å². The Hall–Kier alpha value is -2.70. The second-order valence-electron chi connectivity index (χ2n) is 6.80. The van der Waals surface area contributed by atoms with Gasteiger partial charge in [-0.2, -0.15) is 5.10 Å². The van der Waals surface area contributed by atoms with Crippen molar-refractivity contribution in [1.82, 2.24) is 19.7 Å². The van der Waals surface area contributed by atoms with Gasteiger partial charge >= 0.3 is 0 Å². The Morgan fingerprint density at radius 3 is 2.77 bits per heavy atom. The zero-order valence-electron chi connectivity index (χ0n) is 14.9. The molecule has 0 unspecified atom stereocenters. The molecule has 2 aromatic heterocycles. The highest BCUT2D eigenvalue weighted by Gasteiger charge is 2.25. The van der Waals surface area contributed by atoms with E-state index in [1.54, 1.807) is 11.7 Å². The number of hydrogen-bond acceptors (Lipinski definition) is 4. The normalized spacial score (nSPS) is 15.5. The van der Waals surface area contributed by atoms with Crippen LogP contribution in [0.15, 0.2) is 23.0 Å². The van der Waals surface area contributed by atoms with Gasteiger partial charge < -0.3 is 9.72 Å². The van der Waals surface area contributed by atoms with Gasteiger partial charge in [0.05, 0.1) is 18.4 Å². The Labute approximate surface area is 150 Å². The molecule has 6 nitrogen and oxygen atoms in total. The lowest BCUT2D eigenvalue weighted by Gasteiger charge is -2.19. The molecule has 1 aliphatic carbocycles. The molecule has 0 amide bonds. The van der Waals surface area contributed by atoms with Crippen molar-refractivity contribution in [2.75, 3.05) is 7.11 Å². The molecule has 2 heterocycles. The molecule has 0 saturated heterocycles.